The number of carboxylic acid groups (broad SMARTS) is 1. The summed E-state index contributed by atoms with van der Waals surface area (Å²) in [5, 5.41) is 8.47. The van der Waals surface area contributed by atoms with Gasteiger partial charge in [0.05, 0.1) is 5.75 Å². The van der Waals surface area contributed by atoms with Crippen molar-refractivity contribution in [3.63, 3.8) is 0 Å². The van der Waals surface area contributed by atoms with Crippen LogP contribution in [0.5, 0.6) is 0 Å². The number of nitrogens with zero attached hydrogens (tertiary/aromatic N) is 1. The van der Waals surface area contributed by atoms with Gasteiger partial charge in [0, 0.05) is 25.6 Å². The first kappa shape index (κ1) is 14.4. The summed E-state index contributed by atoms with van der Waals surface area (Å²) in [6.45, 7) is 2.85. The lowest BCUT2D eigenvalue weighted by molar-refractivity contribution is -0.137. The first-order chi connectivity index (χ1) is 7.83. The molecular formula is C10H20N2O4S. The standard InChI is InChI=1S/C10H20N2O4S/c1-8(11)9-4-5-12(7-9)17(15,16)6-2-3-10(13)14/h8-9H,2-7,11H2,1H3,(H,13,14). The maximum atomic E-state index is 11.9. The highest BCUT2D eigenvalue weighted by atomic mass is 32.2. The van der Waals surface area contributed by atoms with Crippen LogP contribution in [-0.4, -0.2) is 48.7 Å². The minimum absolute atomic E-state index is 0.00535. The Labute approximate surface area is 102 Å². The predicted molar refractivity (Wildman–Crippen MR) is 64.0 cm³/mol. The van der Waals surface area contributed by atoms with Crippen LogP contribution in [0.3, 0.4) is 0 Å². The van der Waals surface area contributed by atoms with E-state index < -0.39 is 16.0 Å². The molecule has 0 saturated carbocycles. The molecule has 1 saturated heterocycles. The van der Waals surface area contributed by atoms with E-state index in [0.29, 0.717) is 13.1 Å². The van der Waals surface area contributed by atoms with Gasteiger partial charge in [-0.25, -0.2) is 12.7 Å². The van der Waals surface area contributed by atoms with Crippen LogP contribution < -0.4 is 5.73 Å². The molecule has 17 heavy (non-hydrogen) atoms. The molecule has 0 aromatic rings. The molecule has 6 nitrogen and oxygen atoms in total. The van der Waals surface area contributed by atoms with E-state index in [9.17, 15) is 13.2 Å². The number of rotatable bonds is 6. The van der Waals surface area contributed by atoms with Gasteiger partial charge >= 0.3 is 5.97 Å². The summed E-state index contributed by atoms with van der Waals surface area (Å²) in [5.41, 5.74) is 5.74. The van der Waals surface area contributed by atoms with Crippen LogP contribution in [0.4, 0.5) is 0 Å². The van der Waals surface area contributed by atoms with E-state index in [-0.39, 0.29) is 30.6 Å². The van der Waals surface area contributed by atoms with Crippen LogP contribution in [0.25, 0.3) is 0 Å². The zero-order valence-electron chi connectivity index (χ0n) is 10.0. The molecule has 3 N–H and O–H groups in total. The fourth-order valence-electron chi connectivity index (χ4n) is 1.97. The highest BCUT2D eigenvalue weighted by Gasteiger charge is 2.32. The van der Waals surface area contributed by atoms with Crippen LogP contribution in [0, 0.1) is 5.92 Å². The zero-order valence-corrected chi connectivity index (χ0v) is 10.8. The Balaban J connectivity index is 2.46. The molecule has 0 amide bonds. The lowest BCUT2D eigenvalue weighted by Gasteiger charge is -2.17. The third-order valence-corrected chi connectivity index (χ3v) is 5.04. The summed E-state index contributed by atoms with van der Waals surface area (Å²) in [6.07, 6.45) is 0.844. The van der Waals surface area contributed by atoms with Gasteiger partial charge in [-0.15, -0.1) is 0 Å². The van der Waals surface area contributed by atoms with Crippen LogP contribution in [0.1, 0.15) is 26.2 Å². The summed E-state index contributed by atoms with van der Waals surface area (Å²) in [4.78, 5) is 10.3. The summed E-state index contributed by atoms with van der Waals surface area (Å²) in [6, 6.07) is -0.00535. The van der Waals surface area contributed by atoms with Gasteiger partial charge in [0.25, 0.3) is 0 Å². The SMILES string of the molecule is CC(N)C1CCN(S(=O)(=O)CCCC(=O)O)C1. The second-order valence-electron chi connectivity index (χ2n) is 4.58. The summed E-state index contributed by atoms with van der Waals surface area (Å²) in [5.74, 6) is -0.843. The van der Waals surface area contributed by atoms with Crippen LogP contribution >= 0.6 is 0 Å². The molecule has 1 aliphatic heterocycles. The highest BCUT2D eigenvalue weighted by molar-refractivity contribution is 7.89. The quantitative estimate of drug-likeness (QED) is 0.695. The first-order valence-electron chi connectivity index (χ1n) is 5.78. The van der Waals surface area contributed by atoms with Crippen molar-refractivity contribution in [2.75, 3.05) is 18.8 Å². The average Bonchev–Trinajstić information content (AvgIpc) is 2.65. The molecule has 2 unspecified atom stereocenters. The predicted octanol–water partition coefficient (Wildman–Crippen LogP) is -0.150. The number of sulfonamides is 1. The Morgan fingerprint density at radius 3 is 2.71 bits per heavy atom. The molecule has 0 aromatic heterocycles. The van der Waals surface area contributed by atoms with Crippen molar-refractivity contribution in [2.24, 2.45) is 11.7 Å². The summed E-state index contributed by atoms with van der Waals surface area (Å²) < 4.78 is 25.2. The number of hydrogen-bond donors (Lipinski definition) is 2. The lowest BCUT2D eigenvalue weighted by atomic mass is 10.0. The van der Waals surface area contributed by atoms with Gasteiger partial charge < -0.3 is 10.8 Å². The molecular weight excluding hydrogens is 244 g/mol. The molecule has 1 rings (SSSR count). The third kappa shape index (κ3) is 4.25. The van der Waals surface area contributed by atoms with Gasteiger partial charge in [-0.3, -0.25) is 4.79 Å². The average molecular weight is 264 g/mol. The van der Waals surface area contributed by atoms with Crippen molar-refractivity contribution in [1.82, 2.24) is 4.31 Å². The Bertz CT molecular complexity index is 367. The summed E-state index contributed by atoms with van der Waals surface area (Å²) in [7, 11) is -3.31. The normalized spacial score (nSPS) is 23.8. The van der Waals surface area contributed by atoms with Crippen LogP contribution in [0.15, 0.2) is 0 Å². The maximum Gasteiger partial charge on any atom is 0.303 e. The van der Waals surface area contributed by atoms with Crippen molar-refractivity contribution in [3.8, 4) is 0 Å². The number of aliphatic carboxylic acids is 1. The number of nitrogens with two attached hydrogens (primary N) is 1. The molecule has 7 heteroatoms. The van der Waals surface area contributed by atoms with Crippen molar-refractivity contribution >= 4 is 16.0 Å². The van der Waals surface area contributed by atoms with Crippen molar-refractivity contribution in [3.05, 3.63) is 0 Å². The minimum atomic E-state index is -3.31. The first-order valence-corrected chi connectivity index (χ1v) is 7.39. The monoisotopic (exact) mass is 264 g/mol. The Kier molecular flexibility index (Phi) is 4.91. The molecule has 0 aliphatic carbocycles. The largest absolute Gasteiger partial charge is 0.481 e. The maximum absolute atomic E-state index is 11.9. The molecule has 0 radical (unpaired) electrons. The van der Waals surface area contributed by atoms with Crippen molar-refractivity contribution < 1.29 is 18.3 Å². The molecule has 2 atom stereocenters. The van der Waals surface area contributed by atoms with Gasteiger partial charge in [-0.2, -0.15) is 0 Å². The smallest absolute Gasteiger partial charge is 0.303 e. The van der Waals surface area contributed by atoms with E-state index in [2.05, 4.69) is 0 Å². The minimum Gasteiger partial charge on any atom is -0.481 e. The highest BCUT2D eigenvalue weighted by Crippen LogP contribution is 2.22. The number of hydrogen-bond acceptors (Lipinski definition) is 4. The van der Waals surface area contributed by atoms with Gasteiger partial charge in [0.15, 0.2) is 0 Å². The lowest BCUT2D eigenvalue weighted by Crippen LogP contribution is -2.34. The Morgan fingerprint density at radius 1 is 1.59 bits per heavy atom. The fraction of sp³-hybridized carbons (Fsp3) is 0.900. The van der Waals surface area contributed by atoms with E-state index in [4.69, 9.17) is 10.8 Å². The fourth-order valence-corrected chi connectivity index (χ4v) is 3.54. The molecule has 1 heterocycles. The van der Waals surface area contributed by atoms with Crippen molar-refractivity contribution in [1.29, 1.82) is 0 Å². The van der Waals surface area contributed by atoms with Gasteiger partial charge in [0.2, 0.25) is 10.0 Å². The molecule has 1 fully saturated rings. The molecule has 0 aromatic carbocycles. The van der Waals surface area contributed by atoms with Crippen molar-refractivity contribution in [2.45, 2.75) is 32.2 Å². The topological polar surface area (TPSA) is 101 Å². The molecule has 100 valence electrons. The third-order valence-electron chi connectivity index (χ3n) is 3.12. The molecule has 1 aliphatic rings. The van der Waals surface area contributed by atoms with Gasteiger partial charge in [0.1, 0.15) is 0 Å². The van der Waals surface area contributed by atoms with E-state index in [1.807, 2.05) is 6.92 Å². The Morgan fingerprint density at radius 2 is 2.24 bits per heavy atom. The van der Waals surface area contributed by atoms with E-state index >= 15 is 0 Å². The van der Waals surface area contributed by atoms with E-state index in [1.165, 1.54) is 4.31 Å². The zero-order chi connectivity index (χ0) is 13.1. The summed E-state index contributed by atoms with van der Waals surface area (Å²) >= 11 is 0. The second-order valence-corrected chi connectivity index (χ2v) is 6.67. The Hall–Kier alpha value is -0.660. The van der Waals surface area contributed by atoms with Crippen LogP contribution in [-0.2, 0) is 14.8 Å². The van der Waals surface area contributed by atoms with Gasteiger partial charge in [-0.05, 0) is 25.7 Å². The van der Waals surface area contributed by atoms with Gasteiger partial charge in [-0.1, -0.05) is 0 Å². The van der Waals surface area contributed by atoms with E-state index in [0.717, 1.165) is 6.42 Å². The molecule has 0 bridgehead atoms. The second kappa shape index (κ2) is 5.79. The van der Waals surface area contributed by atoms with Crippen LogP contribution in [0.2, 0.25) is 0 Å². The number of carbonyl (C=O) groups is 1. The number of carboxylic acids is 1. The van der Waals surface area contributed by atoms with E-state index in [1.54, 1.807) is 0 Å². The molecule has 0 spiro atoms.